The summed E-state index contributed by atoms with van der Waals surface area (Å²) < 4.78 is 0.926. The zero-order valence-corrected chi connectivity index (χ0v) is 12.8. The Kier molecular flexibility index (Phi) is 5.83. The smallest absolute Gasteiger partial charge is 0.316 e. The Labute approximate surface area is 119 Å². The van der Waals surface area contributed by atoms with Gasteiger partial charge in [0.05, 0.1) is 0 Å². The van der Waals surface area contributed by atoms with Gasteiger partial charge in [0.15, 0.2) is 0 Å². The van der Waals surface area contributed by atoms with Crippen molar-refractivity contribution in [1.82, 2.24) is 0 Å². The molecule has 1 aromatic carbocycles. The maximum atomic E-state index is 11.0. The standard InChI is InChI=1S/C12H14BrClO2S/c1-7(2)11(12(15)16)17-6-8-3-4-9(13)5-10(8)14/h3-5,7,11H,6H2,1-2H3,(H,15,16). The van der Waals surface area contributed by atoms with Gasteiger partial charge in [-0.1, -0.05) is 47.4 Å². The molecule has 1 aromatic rings. The van der Waals surface area contributed by atoms with Crippen LogP contribution in [0, 0.1) is 5.92 Å². The van der Waals surface area contributed by atoms with Gasteiger partial charge in [0, 0.05) is 15.2 Å². The van der Waals surface area contributed by atoms with E-state index in [0.29, 0.717) is 10.8 Å². The van der Waals surface area contributed by atoms with E-state index in [2.05, 4.69) is 15.9 Å². The van der Waals surface area contributed by atoms with Crippen molar-refractivity contribution in [3.8, 4) is 0 Å². The van der Waals surface area contributed by atoms with E-state index in [1.54, 1.807) is 0 Å². The first-order valence-corrected chi connectivity index (χ1v) is 7.42. The first kappa shape index (κ1) is 14.9. The van der Waals surface area contributed by atoms with Crippen LogP contribution in [-0.4, -0.2) is 16.3 Å². The predicted octanol–water partition coefficient (Wildman–Crippen LogP) is 4.44. The molecule has 0 saturated carbocycles. The molecule has 5 heteroatoms. The van der Waals surface area contributed by atoms with E-state index in [-0.39, 0.29) is 5.92 Å². The first-order chi connectivity index (χ1) is 7.91. The van der Waals surface area contributed by atoms with Crippen LogP contribution in [0.1, 0.15) is 19.4 Å². The van der Waals surface area contributed by atoms with Crippen LogP contribution in [0.15, 0.2) is 22.7 Å². The van der Waals surface area contributed by atoms with Gasteiger partial charge in [-0.3, -0.25) is 4.79 Å². The average molecular weight is 338 g/mol. The van der Waals surface area contributed by atoms with Crippen LogP contribution in [0.5, 0.6) is 0 Å². The Balaban J connectivity index is 2.69. The molecule has 0 aliphatic carbocycles. The van der Waals surface area contributed by atoms with Crippen molar-refractivity contribution in [2.75, 3.05) is 0 Å². The van der Waals surface area contributed by atoms with Crippen LogP contribution in [0.25, 0.3) is 0 Å². The molecule has 1 N–H and O–H groups in total. The topological polar surface area (TPSA) is 37.3 Å². The molecule has 0 aromatic heterocycles. The van der Waals surface area contributed by atoms with Crippen LogP contribution in [-0.2, 0) is 10.5 Å². The van der Waals surface area contributed by atoms with Gasteiger partial charge in [-0.05, 0) is 23.6 Å². The number of carboxylic acid groups (broad SMARTS) is 1. The SMILES string of the molecule is CC(C)C(SCc1ccc(Br)cc1Cl)C(=O)O. The van der Waals surface area contributed by atoms with Crippen LogP contribution in [0.2, 0.25) is 5.02 Å². The van der Waals surface area contributed by atoms with E-state index in [1.807, 2.05) is 32.0 Å². The zero-order valence-electron chi connectivity index (χ0n) is 9.61. The lowest BCUT2D eigenvalue weighted by Gasteiger charge is -2.16. The van der Waals surface area contributed by atoms with E-state index in [9.17, 15) is 4.79 Å². The van der Waals surface area contributed by atoms with Gasteiger partial charge in [-0.2, -0.15) is 0 Å². The molecule has 94 valence electrons. The monoisotopic (exact) mass is 336 g/mol. The molecular formula is C12H14BrClO2S. The lowest BCUT2D eigenvalue weighted by Crippen LogP contribution is -2.22. The van der Waals surface area contributed by atoms with Gasteiger partial charge >= 0.3 is 5.97 Å². The van der Waals surface area contributed by atoms with Gasteiger partial charge < -0.3 is 5.11 Å². The molecule has 0 radical (unpaired) electrons. The van der Waals surface area contributed by atoms with Gasteiger partial charge in [0.1, 0.15) is 5.25 Å². The van der Waals surface area contributed by atoms with E-state index in [1.165, 1.54) is 11.8 Å². The third kappa shape index (κ3) is 4.53. The van der Waals surface area contributed by atoms with E-state index in [4.69, 9.17) is 16.7 Å². The summed E-state index contributed by atoms with van der Waals surface area (Å²) in [7, 11) is 0. The summed E-state index contributed by atoms with van der Waals surface area (Å²) in [5.41, 5.74) is 0.965. The second-order valence-corrected chi connectivity index (χ2v) is 6.50. The Hall–Kier alpha value is -0.190. The van der Waals surface area contributed by atoms with Crippen molar-refractivity contribution in [2.24, 2.45) is 5.92 Å². The summed E-state index contributed by atoms with van der Waals surface area (Å²) in [5, 5.41) is 9.35. The summed E-state index contributed by atoms with van der Waals surface area (Å²) in [5.74, 6) is -0.0497. The molecule has 1 atom stereocenters. The lowest BCUT2D eigenvalue weighted by molar-refractivity contribution is -0.137. The predicted molar refractivity (Wildman–Crippen MR) is 76.7 cm³/mol. The molecule has 0 heterocycles. The van der Waals surface area contributed by atoms with Gasteiger partial charge in [-0.25, -0.2) is 0 Å². The molecule has 0 aliphatic heterocycles. The minimum absolute atomic E-state index is 0.103. The number of thioether (sulfide) groups is 1. The fourth-order valence-electron chi connectivity index (χ4n) is 1.37. The number of benzene rings is 1. The summed E-state index contributed by atoms with van der Waals surface area (Å²) >= 11 is 10.8. The minimum Gasteiger partial charge on any atom is -0.480 e. The highest BCUT2D eigenvalue weighted by molar-refractivity contribution is 9.10. The lowest BCUT2D eigenvalue weighted by atomic mass is 10.1. The largest absolute Gasteiger partial charge is 0.480 e. The van der Waals surface area contributed by atoms with Gasteiger partial charge in [-0.15, -0.1) is 11.8 Å². The van der Waals surface area contributed by atoms with Crippen molar-refractivity contribution < 1.29 is 9.90 Å². The van der Waals surface area contributed by atoms with Crippen molar-refractivity contribution in [1.29, 1.82) is 0 Å². The van der Waals surface area contributed by atoms with Crippen molar-refractivity contribution >= 4 is 45.3 Å². The summed E-state index contributed by atoms with van der Waals surface area (Å²) in [4.78, 5) is 11.0. The Morgan fingerprint density at radius 3 is 2.65 bits per heavy atom. The Morgan fingerprint density at radius 2 is 2.18 bits per heavy atom. The molecule has 2 nitrogen and oxygen atoms in total. The number of rotatable bonds is 5. The average Bonchev–Trinajstić information content (AvgIpc) is 2.20. The highest BCUT2D eigenvalue weighted by Crippen LogP contribution is 2.29. The molecule has 0 aliphatic rings. The number of hydrogen-bond donors (Lipinski definition) is 1. The van der Waals surface area contributed by atoms with Gasteiger partial charge in [0.2, 0.25) is 0 Å². The molecule has 0 fully saturated rings. The molecule has 1 rings (SSSR count). The zero-order chi connectivity index (χ0) is 13.0. The normalized spacial score (nSPS) is 12.8. The highest BCUT2D eigenvalue weighted by Gasteiger charge is 2.22. The summed E-state index contributed by atoms with van der Waals surface area (Å²) in [6.45, 7) is 3.82. The fraction of sp³-hybridized carbons (Fsp3) is 0.417. The summed E-state index contributed by atoms with van der Waals surface area (Å²) in [6, 6.07) is 5.65. The maximum Gasteiger partial charge on any atom is 0.316 e. The summed E-state index contributed by atoms with van der Waals surface area (Å²) in [6.07, 6.45) is 0. The van der Waals surface area contributed by atoms with Gasteiger partial charge in [0.25, 0.3) is 0 Å². The number of carbonyl (C=O) groups is 1. The number of hydrogen-bond acceptors (Lipinski definition) is 2. The van der Waals surface area contributed by atoms with Crippen LogP contribution in [0.4, 0.5) is 0 Å². The van der Waals surface area contributed by atoms with E-state index < -0.39 is 11.2 Å². The second kappa shape index (κ2) is 6.66. The Bertz CT molecular complexity index is 409. The van der Waals surface area contributed by atoms with Crippen LogP contribution >= 0.6 is 39.3 Å². The van der Waals surface area contributed by atoms with Crippen LogP contribution < -0.4 is 0 Å². The van der Waals surface area contributed by atoms with E-state index >= 15 is 0 Å². The van der Waals surface area contributed by atoms with Crippen molar-refractivity contribution in [3.63, 3.8) is 0 Å². The third-order valence-electron chi connectivity index (χ3n) is 2.28. The molecule has 0 spiro atoms. The molecule has 0 amide bonds. The number of halogens is 2. The Morgan fingerprint density at radius 1 is 1.53 bits per heavy atom. The molecule has 0 saturated heterocycles. The van der Waals surface area contributed by atoms with E-state index in [0.717, 1.165) is 10.0 Å². The molecule has 1 unspecified atom stereocenters. The number of carboxylic acids is 1. The first-order valence-electron chi connectivity index (χ1n) is 5.20. The molecule has 17 heavy (non-hydrogen) atoms. The molecular weight excluding hydrogens is 324 g/mol. The quantitative estimate of drug-likeness (QED) is 0.862. The minimum atomic E-state index is -0.766. The maximum absolute atomic E-state index is 11.0. The molecule has 0 bridgehead atoms. The van der Waals surface area contributed by atoms with Crippen LogP contribution in [0.3, 0.4) is 0 Å². The number of aliphatic carboxylic acids is 1. The second-order valence-electron chi connectivity index (χ2n) is 4.05. The van der Waals surface area contributed by atoms with Crippen molar-refractivity contribution in [2.45, 2.75) is 24.9 Å². The highest BCUT2D eigenvalue weighted by atomic mass is 79.9. The fourth-order valence-corrected chi connectivity index (χ4v) is 3.32. The van der Waals surface area contributed by atoms with Crippen molar-refractivity contribution in [3.05, 3.63) is 33.3 Å². The third-order valence-corrected chi connectivity index (χ3v) is 4.71.